The Kier molecular flexibility index (Phi) is 4.22. The molecule has 0 fully saturated rings. The molecule has 1 aromatic carbocycles. The second-order valence-electron chi connectivity index (χ2n) is 5.49. The van der Waals surface area contributed by atoms with Crippen LogP contribution in [0.5, 0.6) is 5.75 Å². The summed E-state index contributed by atoms with van der Waals surface area (Å²) in [6, 6.07) is 5.69. The second kappa shape index (κ2) is 5.29. The van der Waals surface area contributed by atoms with Crippen LogP contribution in [0.3, 0.4) is 0 Å². The first-order valence-electron chi connectivity index (χ1n) is 5.92. The van der Waals surface area contributed by atoms with Gasteiger partial charge in [0.05, 0.1) is 12.8 Å². The van der Waals surface area contributed by atoms with Crippen LogP contribution < -0.4 is 10.1 Å². The highest BCUT2D eigenvalue weighted by atomic mass is 16.5. The van der Waals surface area contributed by atoms with Crippen molar-refractivity contribution in [2.24, 2.45) is 0 Å². The van der Waals surface area contributed by atoms with E-state index in [1.165, 1.54) is 4.90 Å². The normalized spacial score (nSPS) is 11.0. The van der Waals surface area contributed by atoms with Gasteiger partial charge in [0, 0.05) is 14.1 Å². The van der Waals surface area contributed by atoms with E-state index in [-0.39, 0.29) is 11.4 Å². The third kappa shape index (κ3) is 3.39. The molecular formula is C14H22N2O2. The summed E-state index contributed by atoms with van der Waals surface area (Å²) in [6.07, 6.45) is 0. The Bertz CT molecular complexity index is 434. The molecule has 0 saturated carbocycles. The molecule has 18 heavy (non-hydrogen) atoms. The lowest BCUT2D eigenvalue weighted by molar-refractivity contribution is 0.230. The summed E-state index contributed by atoms with van der Waals surface area (Å²) in [5.74, 6) is 0.665. The van der Waals surface area contributed by atoms with Gasteiger partial charge in [0.15, 0.2) is 0 Å². The zero-order valence-corrected chi connectivity index (χ0v) is 12.0. The van der Waals surface area contributed by atoms with Gasteiger partial charge in [-0.05, 0) is 23.1 Å². The van der Waals surface area contributed by atoms with Gasteiger partial charge >= 0.3 is 6.03 Å². The summed E-state index contributed by atoms with van der Waals surface area (Å²) in [7, 11) is 5.00. The van der Waals surface area contributed by atoms with E-state index in [1.54, 1.807) is 21.2 Å². The fourth-order valence-corrected chi connectivity index (χ4v) is 1.50. The Morgan fingerprint density at radius 1 is 1.28 bits per heavy atom. The van der Waals surface area contributed by atoms with Crippen molar-refractivity contribution in [2.45, 2.75) is 26.2 Å². The minimum Gasteiger partial charge on any atom is -0.495 e. The number of hydrogen-bond donors (Lipinski definition) is 1. The van der Waals surface area contributed by atoms with Crippen LogP contribution >= 0.6 is 0 Å². The van der Waals surface area contributed by atoms with E-state index in [0.29, 0.717) is 11.4 Å². The number of anilines is 1. The summed E-state index contributed by atoms with van der Waals surface area (Å²) in [4.78, 5) is 13.2. The molecule has 1 N–H and O–H groups in total. The van der Waals surface area contributed by atoms with E-state index < -0.39 is 0 Å². The van der Waals surface area contributed by atoms with Crippen molar-refractivity contribution in [3.8, 4) is 5.75 Å². The minimum atomic E-state index is -0.167. The molecule has 100 valence electrons. The smallest absolute Gasteiger partial charge is 0.321 e. The number of urea groups is 1. The second-order valence-corrected chi connectivity index (χ2v) is 5.49. The Morgan fingerprint density at radius 3 is 2.33 bits per heavy atom. The quantitative estimate of drug-likeness (QED) is 0.876. The van der Waals surface area contributed by atoms with Crippen LogP contribution in [0.2, 0.25) is 0 Å². The molecule has 0 bridgehead atoms. The van der Waals surface area contributed by atoms with E-state index in [4.69, 9.17) is 4.74 Å². The van der Waals surface area contributed by atoms with Crippen LogP contribution in [0.15, 0.2) is 18.2 Å². The fraction of sp³-hybridized carbons (Fsp3) is 0.500. The Hall–Kier alpha value is -1.71. The molecule has 0 aliphatic heterocycles. The van der Waals surface area contributed by atoms with Crippen molar-refractivity contribution < 1.29 is 9.53 Å². The van der Waals surface area contributed by atoms with Crippen molar-refractivity contribution in [3.63, 3.8) is 0 Å². The van der Waals surface area contributed by atoms with Gasteiger partial charge in [-0.2, -0.15) is 0 Å². The molecule has 0 aliphatic carbocycles. The summed E-state index contributed by atoms with van der Waals surface area (Å²) in [6.45, 7) is 6.39. The van der Waals surface area contributed by atoms with Crippen molar-refractivity contribution in [1.29, 1.82) is 0 Å². The van der Waals surface area contributed by atoms with Crippen molar-refractivity contribution in [2.75, 3.05) is 26.5 Å². The van der Waals surface area contributed by atoms with Gasteiger partial charge in [-0.3, -0.25) is 0 Å². The van der Waals surface area contributed by atoms with Crippen LogP contribution in [-0.4, -0.2) is 32.1 Å². The third-order valence-corrected chi connectivity index (χ3v) is 2.71. The Balaban J connectivity index is 3.11. The number of amides is 2. The lowest BCUT2D eigenvalue weighted by atomic mass is 9.87. The van der Waals surface area contributed by atoms with Gasteiger partial charge in [0.25, 0.3) is 0 Å². The SMILES string of the molecule is COc1ccc(C(C)(C)C)cc1NC(=O)N(C)C. The number of nitrogens with one attached hydrogen (secondary N) is 1. The zero-order valence-electron chi connectivity index (χ0n) is 12.0. The topological polar surface area (TPSA) is 41.6 Å². The highest BCUT2D eigenvalue weighted by Gasteiger charge is 2.17. The predicted molar refractivity (Wildman–Crippen MR) is 74.4 cm³/mol. The molecule has 0 unspecified atom stereocenters. The van der Waals surface area contributed by atoms with E-state index in [9.17, 15) is 4.79 Å². The molecule has 2 amide bonds. The first kappa shape index (κ1) is 14.4. The molecule has 0 aliphatic rings. The maximum absolute atomic E-state index is 11.7. The third-order valence-electron chi connectivity index (χ3n) is 2.71. The van der Waals surface area contributed by atoms with Crippen LogP contribution in [0.1, 0.15) is 26.3 Å². The molecule has 4 nitrogen and oxygen atoms in total. The number of methoxy groups -OCH3 is 1. The van der Waals surface area contributed by atoms with Crippen molar-refractivity contribution >= 4 is 11.7 Å². The first-order valence-corrected chi connectivity index (χ1v) is 5.92. The molecule has 0 spiro atoms. The van der Waals surface area contributed by atoms with Crippen LogP contribution in [0.4, 0.5) is 10.5 Å². The van der Waals surface area contributed by atoms with Gasteiger partial charge in [-0.1, -0.05) is 26.8 Å². The minimum absolute atomic E-state index is 0.0316. The molecule has 0 atom stereocenters. The molecule has 0 radical (unpaired) electrons. The van der Waals surface area contributed by atoms with Gasteiger partial charge in [-0.15, -0.1) is 0 Å². The molecule has 0 aromatic heterocycles. The van der Waals surface area contributed by atoms with Crippen LogP contribution in [0, 0.1) is 0 Å². The summed E-state index contributed by atoms with van der Waals surface area (Å²) in [5.41, 5.74) is 1.88. The zero-order chi connectivity index (χ0) is 13.9. The molecule has 0 saturated heterocycles. The average molecular weight is 250 g/mol. The molecule has 1 aromatic rings. The van der Waals surface area contributed by atoms with Gasteiger partial charge in [-0.25, -0.2) is 4.79 Å². The number of ether oxygens (including phenoxy) is 1. The largest absolute Gasteiger partial charge is 0.495 e. The molecule has 1 rings (SSSR count). The fourth-order valence-electron chi connectivity index (χ4n) is 1.50. The van der Waals surface area contributed by atoms with Crippen LogP contribution in [0.25, 0.3) is 0 Å². The highest BCUT2D eigenvalue weighted by Crippen LogP contribution is 2.31. The predicted octanol–water partition coefficient (Wildman–Crippen LogP) is 3.09. The lowest BCUT2D eigenvalue weighted by Crippen LogP contribution is -2.27. The van der Waals surface area contributed by atoms with E-state index in [0.717, 1.165) is 5.56 Å². The average Bonchev–Trinajstić information content (AvgIpc) is 2.27. The monoisotopic (exact) mass is 250 g/mol. The number of nitrogens with zero attached hydrogens (tertiary/aromatic N) is 1. The number of benzene rings is 1. The Labute approximate surface area is 109 Å². The van der Waals surface area contributed by atoms with Gasteiger partial charge in [0.1, 0.15) is 5.75 Å². The summed E-state index contributed by atoms with van der Waals surface area (Å²) in [5, 5.41) is 2.84. The number of rotatable bonds is 2. The van der Waals surface area contributed by atoms with Crippen molar-refractivity contribution in [3.05, 3.63) is 23.8 Å². The molecular weight excluding hydrogens is 228 g/mol. The van der Waals surface area contributed by atoms with Crippen molar-refractivity contribution in [1.82, 2.24) is 4.90 Å². The summed E-state index contributed by atoms with van der Waals surface area (Å²) >= 11 is 0. The maximum atomic E-state index is 11.7. The van der Waals surface area contributed by atoms with E-state index >= 15 is 0 Å². The standard InChI is InChI=1S/C14H22N2O2/c1-14(2,3)10-7-8-12(18-6)11(9-10)15-13(17)16(4)5/h7-9H,1-6H3,(H,15,17). The summed E-state index contributed by atoms with van der Waals surface area (Å²) < 4.78 is 5.26. The first-order chi connectivity index (χ1) is 8.25. The van der Waals surface area contributed by atoms with Gasteiger partial charge < -0.3 is 15.0 Å². The van der Waals surface area contributed by atoms with Gasteiger partial charge in [0.2, 0.25) is 0 Å². The number of carbonyl (C=O) groups excluding carboxylic acids is 1. The van der Waals surface area contributed by atoms with Crippen LogP contribution in [-0.2, 0) is 5.41 Å². The maximum Gasteiger partial charge on any atom is 0.321 e. The van der Waals surface area contributed by atoms with E-state index in [2.05, 4.69) is 26.1 Å². The van der Waals surface area contributed by atoms with E-state index in [1.807, 2.05) is 18.2 Å². The Morgan fingerprint density at radius 2 is 1.89 bits per heavy atom. The molecule has 0 heterocycles. The number of hydrogen-bond acceptors (Lipinski definition) is 2. The molecule has 4 heteroatoms. The highest BCUT2D eigenvalue weighted by molar-refractivity contribution is 5.90. The lowest BCUT2D eigenvalue weighted by Gasteiger charge is -2.22. The number of carbonyl (C=O) groups is 1.